The number of nitrogens with zero attached hydrogens (tertiary/aromatic N) is 2. The molecule has 0 spiro atoms. The van der Waals surface area contributed by atoms with Gasteiger partial charge in [0, 0.05) is 14.2 Å². The van der Waals surface area contributed by atoms with Crippen LogP contribution in [0, 0.1) is 0 Å². The van der Waals surface area contributed by atoms with Crippen LogP contribution in [0.1, 0.15) is 37.0 Å². The number of nitrogens with two attached hydrogens (primary N) is 1. The van der Waals surface area contributed by atoms with Crippen molar-refractivity contribution in [1.29, 1.82) is 0 Å². The van der Waals surface area contributed by atoms with Crippen LogP contribution < -0.4 is 11.1 Å². The Bertz CT molecular complexity index is 438. The molecule has 0 unspecified atom stereocenters. The molecule has 0 atom stereocenters. The zero-order chi connectivity index (χ0) is 13.9. The highest BCUT2D eigenvalue weighted by Gasteiger charge is 2.25. The molecule has 0 aliphatic carbocycles. The summed E-state index contributed by atoms with van der Waals surface area (Å²) in [5, 5.41) is 7.11. The fourth-order valence-electron chi connectivity index (χ4n) is 1.89. The van der Waals surface area contributed by atoms with Gasteiger partial charge in [0.2, 0.25) is 0 Å². The molecule has 102 valence electrons. The minimum atomic E-state index is -0.449. The molecule has 1 amide bonds. The number of amides is 1. The number of aryl methyl sites for hydroxylation is 2. The van der Waals surface area contributed by atoms with Crippen molar-refractivity contribution in [3.05, 3.63) is 11.4 Å². The van der Waals surface area contributed by atoms with Gasteiger partial charge in [-0.25, -0.2) is 0 Å². The number of carbonyl (C=O) groups is 1. The summed E-state index contributed by atoms with van der Waals surface area (Å²) in [6, 6.07) is 0. The van der Waals surface area contributed by atoms with Crippen molar-refractivity contribution in [3.63, 3.8) is 0 Å². The Kier molecular flexibility index (Phi) is 4.34. The molecule has 1 heterocycles. The van der Waals surface area contributed by atoms with Crippen LogP contribution in [0.15, 0.2) is 0 Å². The molecule has 1 rings (SSSR count). The van der Waals surface area contributed by atoms with Gasteiger partial charge in [-0.3, -0.25) is 9.48 Å². The van der Waals surface area contributed by atoms with Gasteiger partial charge in [-0.05, 0) is 20.3 Å². The minimum Gasteiger partial charge on any atom is -0.395 e. The summed E-state index contributed by atoms with van der Waals surface area (Å²) in [5.41, 5.74) is 7.08. The lowest BCUT2D eigenvalue weighted by Crippen LogP contribution is -2.47. The Labute approximate surface area is 107 Å². The number of methoxy groups -OCH3 is 1. The first-order chi connectivity index (χ1) is 8.32. The number of nitrogens with one attached hydrogen (secondary N) is 1. The Hall–Kier alpha value is -1.56. The summed E-state index contributed by atoms with van der Waals surface area (Å²) in [5.74, 6) is -0.232. The van der Waals surface area contributed by atoms with Crippen LogP contribution >= 0.6 is 0 Å². The molecule has 18 heavy (non-hydrogen) atoms. The third kappa shape index (κ3) is 3.01. The molecule has 1 aromatic heterocycles. The first-order valence-corrected chi connectivity index (χ1v) is 5.95. The van der Waals surface area contributed by atoms with Gasteiger partial charge in [0.15, 0.2) is 0 Å². The average molecular weight is 254 g/mol. The lowest BCUT2D eigenvalue weighted by atomic mass is 10.1. The van der Waals surface area contributed by atoms with Crippen molar-refractivity contribution in [2.75, 3.05) is 19.5 Å². The Morgan fingerprint density at radius 2 is 2.17 bits per heavy atom. The number of carbonyl (C=O) groups excluding carboxylic acids is 1. The highest BCUT2D eigenvalue weighted by atomic mass is 16.5. The van der Waals surface area contributed by atoms with Crippen LogP contribution in [0.4, 0.5) is 5.69 Å². The SMILES string of the molecule is CCc1nn(C)c(C(=O)NC(C)(C)COC)c1N. The smallest absolute Gasteiger partial charge is 0.272 e. The molecular weight excluding hydrogens is 232 g/mol. The van der Waals surface area contributed by atoms with Crippen molar-refractivity contribution in [2.24, 2.45) is 7.05 Å². The summed E-state index contributed by atoms with van der Waals surface area (Å²) in [6.07, 6.45) is 0.703. The maximum Gasteiger partial charge on any atom is 0.272 e. The van der Waals surface area contributed by atoms with Gasteiger partial charge < -0.3 is 15.8 Å². The number of aromatic nitrogens is 2. The molecule has 1 aromatic rings. The lowest BCUT2D eigenvalue weighted by molar-refractivity contribution is 0.0812. The Morgan fingerprint density at radius 1 is 1.56 bits per heavy atom. The third-order valence-electron chi connectivity index (χ3n) is 2.67. The first-order valence-electron chi connectivity index (χ1n) is 5.95. The predicted octanol–water partition coefficient (Wildman–Crippen LogP) is 0.719. The number of rotatable bonds is 5. The minimum absolute atomic E-state index is 0.232. The molecule has 0 saturated carbocycles. The van der Waals surface area contributed by atoms with Gasteiger partial charge in [0.25, 0.3) is 5.91 Å². The molecule has 0 bridgehead atoms. The number of nitrogen functional groups attached to an aromatic ring is 1. The predicted molar refractivity (Wildman–Crippen MR) is 70.4 cm³/mol. The van der Waals surface area contributed by atoms with Gasteiger partial charge in [-0.2, -0.15) is 5.10 Å². The van der Waals surface area contributed by atoms with Crippen LogP contribution in [0.5, 0.6) is 0 Å². The van der Waals surface area contributed by atoms with E-state index in [9.17, 15) is 4.79 Å². The van der Waals surface area contributed by atoms with E-state index in [1.165, 1.54) is 4.68 Å². The summed E-state index contributed by atoms with van der Waals surface area (Å²) in [6.45, 7) is 6.16. The Balaban J connectivity index is 2.95. The molecule has 0 saturated heterocycles. The topological polar surface area (TPSA) is 82.2 Å². The number of hydrogen-bond acceptors (Lipinski definition) is 4. The molecule has 3 N–H and O–H groups in total. The molecule has 6 heteroatoms. The fraction of sp³-hybridized carbons (Fsp3) is 0.667. The van der Waals surface area contributed by atoms with Gasteiger partial charge in [-0.1, -0.05) is 6.92 Å². The third-order valence-corrected chi connectivity index (χ3v) is 2.67. The Morgan fingerprint density at radius 3 is 2.61 bits per heavy atom. The lowest BCUT2D eigenvalue weighted by Gasteiger charge is -2.25. The van der Waals surface area contributed by atoms with Crippen LogP contribution in [-0.2, 0) is 18.2 Å². The van der Waals surface area contributed by atoms with Crippen LogP contribution in [0.3, 0.4) is 0 Å². The van der Waals surface area contributed by atoms with E-state index in [0.29, 0.717) is 24.4 Å². The quantitative estimate of drug-likeness (QED) is 0.811. The second kappa shape index (κ2) is 5.39. The van der Waals surface area contributed by atoms with Gasteiger partial charge in [0.1, 0.15) is 5.69 Å². The zero-order valence-corrected chi connectivity index (χ0v) is 11.7. The van der Waals surface area contributed by atoms with E-state index in [-0.39, 0.29) is 5.91 Å². The molecule has 0 aliphatic rings. The van der Waals surface area contributed by atoms with E-state index < -0.39 is 5.54 Å². The summed E-state index contributed by atoms with van der Waals surface area (Å²) in [7, 11) is 3.31. The maximum atomic E-state index is 12.2. The molecule has 0 fully saturated rings. The summed E-state index contributed by atoms with van der Waals surface area (Å²) in [4.78, 5) is 12.2. The van der Waals surface area contributed by atoms with Crippen molar-refractivity contribution in [1.82, 2.24) is 15.1 Å². The van der Waals surface area contributed by atoms with Crippen LogP contribution in [-0.4, -0.2) is 34.9 Å². The fourth-order valence-corrected chi connectivity index (χ4v) is 1.89. The normalized spacial score (nSPS) is 11.6. The van der Waals surface area contributed by atoms with Gasteiger partial charge in [0.05, 0.1) is 23.5 Å². The highest BCUT2D eigenvalue weighted by molar-refractivity contribution is 5.98. The number of anilines is 1. The standard InChI is InChI=1S/C12H22N4O2/c1-6-8-9(13)10(16(4)15-8)11(17)14-12(2,3)7-18-5/h6-7,13H2,1-5H3,(H,14,17). The monoisotopic (exact) mass is 254 g/mol. The van der Waals surface area contributed by atoms with Crippen molar-refractivity contribution in [3.8, 4) is 0 Å². The van der Waals surface area contributed by atoms with E-state index in [1.807, 2.05) is 20.8 Å². The van der Waals surface area contributed by atoms with E-state index in [4.69, 9.17) is 10.5 Å². The molecule has 0 radical (unpaired) electrons. The van der Waals surface area contributed by atoms with Crippen molar-refractivity contribution in [2.45, 2.75) is 32.7 Å². The van der Waals surface area contributed by atoms with Crippen molar-refractivity contribution >= 4 is 11.6 Å². The molecule has 0 aromatic carbocycles. The van der Waals surface area contributed by atoms with E-state index in [2.05, 4.69) is 10.4 Å². The second-order valence-corrected chi connectivity index (χ2v) is 4.96. The second-order valence-electron chi connectivity index (χ2n) is 4.96. The number of hydrogen-bond donors (Lipinski definition) is 2. The number of ether oxygens (including phenoxy) is 1. The van der Waals surface area contributed by atoms with E-state index in [1.54, 1.807) is 14.2 Å². The molecular formula is C12H22N4O2. The first kappa shape index (κ1) is 14.5. The molecule has 0 aliphatic heterocycles. The van der Waals surface area contributed by atoms with Crippen LogP contribution in [0.25, 0.3) is 0 Å². The summed E-state index contributed by atoms with van der Waals surface area (Å²) >= 11 is 0. The largest absolute Gasteiger partial charge is 0.395 e. The maximum absolute atomic E-state index is 12.2. The average Bonchev–Trinajstić information content (AvgIpc) is 2.52. The summed E-state index contributed by atoms with van der Waals surface area (Å²) < 4.78 is 6.58. The van der Waals surface area contributed by atoms with Gasteiger partial charge >= 0.3 is 0 Å². The highest BCUT2D eigenvalue weighted by Crippen LogP contribution is 2.17. The van der Waals surface area contributed by atoms with E-state index in [0.717, 1.165) is 5.69 Å². The van der Waals surface area contributed by atoms with Gasteiger partial charge in [-0.15, -0.1) is 0 Å². The van der Waals surface area contributed by atoms with Crippen molar-refractivity contribution < 1.29 is 9.53 Å². The van der Waals surface area contributed by atoms with E-state index >= 15 is 0 Å². The molecule has 6 nitrogen and oxygen atoms in total. The van der Waals surface area contributed by atoms with Crippen LogP contribution in [0.2, 0.25) is 0 Å². The zero-order valence-electron chi connectivity index (χ0n) is 11.7.